The molecule has 0 radical (unpaired) electrons. The Balaban J connectivity index is 2.33. The number of carbonyl (C=O) groups is 1. The lowest BCUT2D eigenvalue weighted by atomic mass is 9.92. The zero-order chi connectivity index (χ0) is 14.5. The molecule has 0 amide bonds. The molecule has 104 valence electrons. The van der Waals surface area contributed by atoms with Gasteiger partial charge in [-0.3, -0.25) is 4.79 Å². The SMILES string of the molecule is COc1ncccc1CC(C(=O)O)c1cccc(F)c1. The maximum atomic E-state index is 13.2. The largest absolute Gasteiger partial charge is 0.481 e. The summed E-state index contributed by atoms with van der Waals surface area (Å²) in [7, 11) is 1.48. The van der Waals surface area contributed by atoms with Crippen LogP contribution in [0.4, 0.5) is 4.39 Å². The van der Waals surface area contributed by atoms with Crippen LogP contribution in [0.1, 0.15) is 17.0 Å². The predicted molar refractivity (Wildman–Crippen MR) is 71.3 cm³/mol. The van der Waals surface area contributed by atoms with Crippen LogP contribution in [0.2, 0.25) is 0 Å². The summed E-state index contributed by atoms with van der Waals surface area (Å²) < 4.78 is 18.4. The van der Waals surface area contributed by atoms with Crippen LogP contribution >= 0.6 is 0 Å². The third kappa shape index (κ3) is 3.12. The van der Waals surface area contributed by atoms with E-state index >= 15 is 0 Å². The highest BCUT2D eigenvalue weighted by atomic mass is 19.1. The van der Waals surface area contributed by atoms with Crippen LogP contribution in [0.25, 0.3) is 0 Å². The van der Waals surface area contributed by atoms with Gasteiger partial charge in [-0.25, -0.2) is 9.37 Å². The lowest BCUT2D eigenvalue weighted by Gasteiger charge is -2.14. The van der Waals surface area contributed by atoms with Gasteiger partial charge in [-0.15, -0.1) is 0 Å². The minimum Gasteiger partial charge on any atom is -0.481 e. The minimum atomic E-state index is -1.01. The van der Waals surface area contributed by atoms with Crippen molar-refractivity contribution in [1.82, 2.24) is 4.98 Å². The summed E-state index contributed by atoms with van der Waals surface area (Å²) in [4.78, 5) is 15.5. The van der Waals surface area contributed by atoms with E-state index < -0.39 is 17.7 Å². The Kier molecular flexibility index (Phi) is 4.30. The molecule has 0 aliphatic heterocycles. The number of aromatic nitrogens is 1. The number of ether oxygens (including phenoxy) is 1. The first kappa shape index (κ1) is 14.0. The Labute approximate surface area is 115 Å². The van der Waals surface area contributed by atoms with Gasteiger partial charge in [0, 0.05) is 11.8 Å². The predicted octanol–water partition coefficient (Wildman–Crippen LogP) is 2.64. The molecule has 0 spiro atoms. The minimum absolute atomic E-state index is 0.190. The molecule has 4 nitrogen and oxygen atoms in total. The van der Waals surface area contributed by atoms with Crippen LogP contribution < -0.4 is 4.74 Å². The van der Waals surface area contributed by atoms with Crippen LogP contribution in [0.15, 0.2) is 42.6 Å². The molecule has 20 heavy (non-hydrogen) atoms. The van der Waals surface area contributed by atoms with Crippen molar-refractivity contribution in [1.29, 1.82) is 0 Å². The van der Waals surface area contributed by atoms with Crippen molar-refractivity contribution in [2.75, 3.05) is 7.11 Å². The van der Waals surface area contributed by atoms with Gasteiger partial charge in [0.15, 0.2) is 0 Å². The fourth-order valence-corrected chi connectivity index (χ4v) is 2.05. The van der Waals surface area contributed by atoms with Gasteiger partial charge in [-0.1, -0.05) is 18.2 Å². The van der Waals surface area contributed by atoms with Gasteiger partial charge in [-0.2, -0.15) is 0 Å². The van der Waals surface area contributed by atoms with Crippen molar-refractivity contribution < 1.29 is 19.0 Å². The molecule has 2 rings (SSSR count). The molecule has 1 unspecified atom stereocenters. The van der Waals surface area contributed by atoms with Gasteiger partial charge < -0.3 is 9.84 Å². The normalized spacial score (nSPS) is 11.9. The molecule has 0 bridgehead atoms. The molecule has 0 saturated heterocycles. The van der Waals surface area contributed by atoms with E-state index in [-0.39, 0.29) is 6.42 Å². The zero-order valence-corrected chi connectivity index (χ0v) is 10.9. The van der Waals surface area contributed by atoms with E-state index in [4.69, 9.17) is 4.74 Å². The smallest absolute Gasteiger partial charge is 0.311 e. The van der Waals surface area contributed by atoms with Crippen molar-refractivity contribution in [3.63, 3.8) is 0 Å². The average molecular weight is 275 g/mol. The molecule has 5 heteroatoms. The molecule has 0 fully saturated rings. The summed E-state index contributed by atoms with van der Waals surface area (Å²) >= 11 is 0. The topological polar surface area (TPSA) is 59.4 Å². The zero-order valence-electron chi connectivity index (χ0n) is 10.9. The first-order chi connectivity index (χ1) is 9.61. The molecule has 1 heterocycles. The average Bonchev–Trinajstić information content (AvgIpc) is 2.44. The fraction of sp³-hybridized carbons (Fsp3) is 0.200. The second-order valence-electron chi connectivity index (χ2n) is 4.32. The highest BCUT2D eigenvalue weighted by Crippen LogP contribution is 2.25. The van der Waals surface area contributed by atoms with Gasteiger partial charge in [-0.05, 0) is 30.2 Å². The maximum absolute atomic E-state index is 13.2. The highest BCUT2D eigenvalue weighted by molar-refractivity contribution is 5.76. The number of rotatable bonds is 5. The van der Waals surface area contributed by atoms with E-state index in [9.17, 15) is 14.3 Å². The van der Waals surface area contributed by atoms with Crippen LogP contribution in [0.3, 0.4) is 0 Å². The lowest BCUT2D eigenvalue weighted by Crippen LogP contribution is -2.15. The van der Waals surface area contributed by atoms with Crippen molar-refractivity contribution in [2.24, 2.45) is 0 Å². The van der Waals surface area contributed by atoms with Crippen LogP contribution in [-0.4, -0.2) is 23.2 Å². The monoisotopic (exact) mass is 275 g/mol. The van der Waals surface area contributed by atoms with Crippen molar-refractivity contribution in [2.45, 2.75) is 12.3 Å². The number of hydrogen-bond donors (Lipinski definition) is 1. The Morgan fingerprint density at radius 1 is 1.40 bits per heavy atom. The number of aliphatic carboxylic acids is 1. The molecular weight excluding hydrogens is 261 g/mol. The first-order valence-electron chi connectivity index (χ1n) is 6.08. The summed E-state index contributed by atoms with van der Waals surface area (Å²) in [5.74, 6) is -1.92. The summed E-state index contributed by atoms with van der Waals surface area (Å²) in [6.45, 7) is 0. The number of pyridine rings is 1. The van der Waals surface area contributed by atoms with Crippen LogP contribution in [0.5, 0.6) is 5.88 Å². The fourth-order valence-electron chi connectivity index (χ4n) is 2.05. The third-order valence-corrected chi connectivity index (χ3v) is 3.02. The van der Waals surface area contributed by atoms with E-state index in [1.54, 1.807) is 24.4 Å². The van der Waals surface area contributed by atoms with Gasteiger partial charge >= 0.3 is 5.97 Å². The number of nitrogens with zero attached hydrogens (tertiary/aromatic N) is 1. The standard InChI is InChI=1S/C15H14FNO3/c1-20-14-11(5-3-7-17-14)9-13(15(18)19)10-4-2-6-12(16)8-10/h2-8,13H,9H2,1H3,(H,18,19). The Bertz CT molecular complexity index is 616. The first-order valence-corrected chi connectivity index (χ1v) is 6.08. The number of halogens is 1. The van der Waals surface area contributed by atoms with E-state index in [1.807, 2.05) is 0 Å². The Hall–Kier alpha value is -2.43. The molecule has 0 saturated carbocycles. The number of hydrogen-bond acceptors (Lipinski definition) is 3. The maximum Gasteiger partial charge on any atom is 0.311 e. The summed E-state index contributed by atoms with van der Waals surface area (Å²) in [5.41, 5.74) is 1.09. The van der Waals surface area contributed by atoms with E-state index in [0.29, 0.717) is 17.0 Å². The Morgan fingerprint density at radius 2 is 2.20 bits per heavy atom. The molecule has 1 N–H and O–H groups in total. The van der Waals surface area contributed by atoms with Crippen LogP contribution in [0, 0.1) is 5.82 Å². The van der Waals surface area contributed by atoms with Crippen molar-refractivity contribution in [3.8, 4) is 5.88 Å². The molecule has 0 aliphatic rings. The number of carboxylic acids is 1. The molecule has 1 atom stereocenters. The van der Waals surface area contributed by atoms with E-state index in [0.717, 1.165) is 0 Å². The van der Waals surface area contributed by atoms with Crippen molar-refractivity contribution in [3.05, 3.63) is 59.5 Å². The van der Waals surface area contributed by atoms with E-state index in [2.05, 4.69) is 4.98 Å². The molecule has 0 aliphatic carbocycles. The third-order valence-electron chi connectivity index (χ3n) is 3.02. The highest BCUT2D eigenvalue weighted by Gasteiger charge is 2.22. The molecule has 1 aromatic carbocycles. The van der Waals surface area contributed by atoms with Gasteiger partial charge in [0.2, 0.25) is 5.88 Å². The second kappa shape index (κ2) is 6.14. The van der Waals surface area contributed by atoms with Gasteiger partial charge in [0.1, 0.15) is 5.82 Å². The number of methoxy groups -OCH3 is 1. The number of benzene rings is 1. The second-order valence-corrected chi connectivity index (χ2v) is 4.32. The van der Waals surface area contributed by atoms with Gasteiger partial charge in [0.05, 0.1) is 13.0 Å². The Morgan fingerprint density at radius 3 is 2.85 bits per heavy atom. The summed E-state index contributed by atoms with van der Waals surface area (Å²) in [6.07, 6.45) is 1.76. The molecular formula is C15H14FNO3. The van der Waals surface area contributed by atoms with Crippen LogP contribution in [-0.2, 0) is 11.2 Å². The van der Waals surface area contributed by atoms with Crippen molar-refractivity contribution >= 4 is 5.97 Å². The van der Waals surface area contributed by atoms with E-state index in [1.165, 1.54) is 25.3 Å². The van der Waals surface area contributed by atoms with Gasteiger partial charge in [0.25, 0.3) is 0 Å². The quantitative estimate of drug-likeness (QED) is 0.911. The molecule has 2 aromatic rings. The number of carboxylic acid groups (broad SMARTS) is 1. The summed E-state index contributed by atoms with van der Waals surface area (Å²) in [5, 5.41) is 9.36. The lowest BCUT2D eigenvalue weighted by molar-refractivity contribution is -0.138. The summed E-state index contributed by atoms with van der Waals surface area (Å²) in [6, 6.07) is 9.09. The molecule has 1 aromatic heterocycles.